The summed E-state index contributed by atoms with van der Waals surface area (Å²) in [5, 5.41) is 11.0. The molecule has 28 heavy (non-hydrogen) atoms. The highest BCUT2D eigenvalue weighted by molar-refractivity contribution is 6.00. The second-order valence-corrected chi connectivity index (χ2v) is 6.38. The fourth-order valence-corrected chi connectivity index (χ4v) is 3.03. The fraction of sp³-hybridized carbons (Fsp3) is 0.238. The van der Waals surface area contributed by atoms with E-state index >= 15 is 0 Å². The molecule has 1 heterocycles. The molecule has 0 saturated heterocycles. The van der Waals surface area contributed by atoms with Gasteiger partial charge < -0.3 is 15.0 Å². The van der Waals surface area contributed by atoms with Gasteiger partial charge in [0.25, 0.3) is 5.91 Å². The molecule has 0 aromatic heterocycles. The molecule has 2 aromatic rings. The number of ether oxygens (including phenoxy) is 1. The summed E-state index contributed by atoms with van der Waals surface area (Å²) in [5.41, 5.74) is 2.69. The van der Waals surface area contributed by atoms with E-state index in [1.807, 2.05) is 24.3 Å². The number of amides is 2. The van der Waals surface area contributed by atoms with E-state index in [4.69, 9.17) is 10.00 Å². The number of rotatable bonds is 5. The molecule has 1 aliphatic heterocycles. The number of carbonyl (C=O) groups excluding carboxylic acids is 3. The van der Waals surface area contributed by atoms with Gasteiger partial charge in [-0.1, -0.05) is 18.2 Å². The average Bonchev–Trinajstić information content (AvgIpc) is 3.12. The van der Waals surface area contributed by atoms with Gasteiger partial charge in [0, 0.05) is 17.9 Å². The van der Waals surface area contributed by atoms with Crippen LogP contribution in [0.5, 0.6) is 0 Å². The molecule has 2 aromatic carbocycles. The van der Waals surface area contributed by atoms with E-state index in [1.165, 1.54) is 24.3 Å². The number of esters is 1. The van der Waals surface area contributed by atoms with E-state index in [2.05, 4.69) is 5.32 Å². The summed E-state index contributed by atoms with van der Waals surface area (Å²) in [6, 6.07) is 15.5. The first kappa shape index (κ1) is 19.1. The topological polar surface area (TPSA) is 99.5 Å². The van der Waals surface area contributed by atoms with Crippen LogP contribution in [0, 0.1) is 11.3 Å². The summed E-state index contributed by atoms with van der Waals surface area (Å²) in [7, 11) is 0. The quantitative estimate of drug-likeness (QED) is 0.808. The smallest absolute Gasteiger partial charge is 0.338 e. The second kappa shape index (κ2) is 8.35. The summed E-state index contributed by atoms with van der Waals surface area (Å²) in [6.45, 7) is 2.12. The molecule has 3 rings (SSSR count). The molecule has 0 spiro atoms. The van der Waals surface area contributed by atoms with Crippen molar-refractivity contribution < 1.29 is 19.1 Å². The maximum Gasteiger partial charge on any atom is 0.338 e. The summed E-state index contributed by atoms with van der Waals surface area (Å²) in [5.74, 6) is -1.31. The van der Waals surface area contributed by atoms with Gasteiger partial charge in [-0.25, -0.2) is 4.79 Å². The third-order valence-electron chi connectivity index (χ3n) is 4.43. The van der Waals surface area contributed by atoms with Gasteiger partial charge in [-0.05, 0) is 49.2 Å². The van der Waals surface area contributed by atoms with E-state index in [1.54, 1.807) is 17.9 Å². The minimum absolute atomic E-state index is 0.247. The number of nitrogens with one attached hydrogen (secondary N) is 1. The number of hydrogen-bond donors (Lipinski definition) is 1. The van der Waals surface area contributed by atoms with Crippen LogP contribution in [0.25, 0.3) is 0 Å². The molecule has 2 amide bonds. The third-order valence-corrected chi connectivity index (χ3v) is 4.43. The van der Waals surface area contributed by atoms with Gasteiger partial charge in [-0.2, -0.15) is 5.26 Å². The monoisotopic (exact) mass is 377 g/mol. The van der Waals surface area contributed by atoms with Crippen LogP contribution in [0.2, 0.25) is 0 Å². The van der Waals surface area contributed by atoms with Crippen LogP contribution in [0.3, 0.4) is 0 Å². The van der Waals surface area contributed by atoms with Crippen molar-refractivity contribution in [3.8, 4) is 6.07 Å². The minimum atomic E-state index is -0.923. The molecule has 0 saturated carbocycles. The maximum absolute atomic E-state index is 12.7. The highest BCUT2D eigenvalue weighted by Gasteiger charge is 2.29. The van der Waals surface area contributed by atoms with Gasteiger partial charge in [-0.3, -0.25) is 9.59 Å². The SMILES string of the molecule is C[C@H](OC(=O)c1ccc(NC(=O)CC#N)cc1)C(=O)N1CCc2ccccc21. The van der Waals surface area contributed by atoms with Gasteiger partial charge in [0.2, 0.25) is 5.91 Å². The summed E-state index contributed by atoms with van der Waals surface area (Å²) < 4.78 is 5.32. The predicted octanol–water partition coefficient (Wildman–Crippen LogP) is 2.67. The number of nitrogens with zero attached hydrogens (tertiary/aromatic N) is 2. The van der Waals surface area contributed by atoms with E-state index in [-0.39, 0.29) is 17.9 Å². The zero-order valence-corrected chi connectivity index (χ0v) is 15.3. The lowest BCUT2D eigenvalue weighted by molar-refractivity contribution is -0.126. The lowest BCUT2D eigenvalue weighted by Crippen LogP contribution is -2.39. The van der Waals surface area contributed by atoms with E-state index < -0.39 is 18.0 Å². The van der Waals surface area contributed by atoms with Crippen molar-refractivity contribution in [3.63, 3.8) is 0 Å². The van der Waals surface area contributed by atoms with Crippen molar-refractivity contribution in [2.75, 3.05) is 16.8 Å². The Bertz CT molecular complexity index is 947. The number of fused-ring (bicyclic) bond motifs is 1. The van der Waals surface area contributed by atoms with Crippen LogP contribution in [0.4, 0.5) is 11.4 Å². The van der Waals surface area contributed by atoms with Gasteiger partial charge in [0.1, 0.15) is 6.42 Å². The molecule has 0 radical (unpaired) electrons. The Morgan fingerprint density at radius 1 is 1.18 bits per heavy atom. The highest BCUT2D eigenvalue weighted by Crippen LogP contribution is 2.28. The standard InChI is InChI=1S/C21H19N3O4/c1-14(20(26)24-13-11-15-4-2-3-5-18(15)24)28-21(27)16-6-8-17(9-7-16)23-19(25)10-12-22/h2-9,14H,10-11,13H2,1H3,(H,23,25)/t14-/m0/s1. The van der Waals surface area contributed by atoms with Crippen molar-refractivity contribution in [1.82, 2.24) is 0 Å². The number of benzene rings is 2. The molecule has 7 heteroatoms. The molecule has 1 atom stereocenters. The highest BCUT2D eigenvalue weighted by atomic mass is 16.5. The number of carbonyl (C=O) groups is 3. The number of para-hydroxylation sites is 1. The molecule has 0 fully saturated rings. The number of anilines is 2. The first-order valence-corrected chi connectivity index (χ1v) is 8.86. The largest absolute Gasteiger partial charge is 0.449 e. The Morgan fingerprint density at radius 3 is 2.61 bits per heavy atom. The van der Waals surface area contributed by atoms with Gasteiger partial charge >= 0.3 is 5.97 Å². The van der Waals surface area contributed by atoms with Crippen LogP contribution in [0.15, 0.2) is 48.5 Å². The van der Waals surface area contributed by atoms with E-state index in [0.717, 1.165) is 17.7 Å². The molecule has 1 aliphatic rings. The van der Waals surface area contributed by atoms with Gasteiger partial charge in [-0.15, -0.1) is 0 Å². The average molecular weight is 377 g/mol. The van der Waals surface area contributed by atoms with Gasteiger partial charge in [0.15, 0.2) is 6.10 Å². The summed E-state index contributed by atoms with van der Waals surface area (Å²) in [6.07, 6.45) is -0.390. The zero-order chi connectivity index (χ0) is 20.1. The van der Waals surface area contributed by atoms with Crippen molar-refractivity contribution in [1.29, 1.82) is 5.26 Å². The van der Waals surface area contributed by atoms with Crippen molar-refractivity contribution in [2.24, 2.45) is 0 Å². The lowest BCUT2D eigenvalue weighted by Gasteiger charge is -2.21. The second-order valence-electron chi connectivity index (χ2n) is 6.38. The van der Waals surface area contributed by atoms with Crippen molar-refractivity contribution in [3.05, 3.63) is 59.7 Å². The first-order valence-electron chi connectivity index (χ1n) is 8.86. The normalized spacial score (nSPS) is 13.2. The van der Waals surface area contributed by atoms with Gasteiger partial charge in [0.05, 0.1) is 11.6 Å². The van der Waals surface area contributed by atoms with Crippen LogP contribution >= 0.6 is 0 Å². The molecule has 1 N–H and O–H groups in total. The van der Waals surface area contributed by atoms with Crippen LogP contribution in [0.1, 0.15) is 29.3 Å². The molecule has 0 aliphatic carbocycles. The Morgan fingerprint density at radius 2 is 1.89 bits per heavy atom. The summed E-state index contributed by atoms with van der Waals surface area (Å²) >= 11 is 0. The van der Waals surface area contributed by atoms with Crippen LogP contribution < -0.4 is 10.2 Å². The number of hydrogen-bond acceptors (Lipinski definition) is 5. The van der Waals surface area contributed by atoms with E-state index in [9.17, 15) is 14.4 Å². The first-order chi connectivity index (χ1) is 13.5. The number of nitriles is 1. The lowest BCUT2D eigenvalue weighted by atomic mass is 10.2. The van der Waals surface area contributed by atoms with Crippen LogP contribution in [-0.4, -0.2) is 30.4 Å². The molecule has 0 unspecified atom stereocenters. The summed E-state index contributed by atoms with van der Waals surface area (Å²) in [4.78, 5) is 38.1. The molecular formula is C21H19N3O4. The maximum atomic E-state index is 12.7. The van der Waals surface area contributed by atoms with E-state index in [0.29, 0.717) is 12.2 Å². The fourth-order valence-electron chi connectivity index (χ4n) is 3.03. The molecule has 7 nitrogen and oxygen atoms in total. The molecular weight excluding hydrogens is 358 g/mol. The minimum Gasteiger partial charge on any atom is -0.449 e. The zero-order valence-electron chi connectivity index (χ0n) is 15.3. The molecule has 142 valence electrons. The van der Waals surface area contributed by atoms with Crippen molar-refractivity contribution >= 4 is 29.2 Å². The van der Waals surface area contributed by atoms with Crippen LogP contribution in [-0.2, 0) is 20.7 Å². The Balaban J connectivity index is 1.61. The molecule has 0 bridgehead atoms. The third kappa shape index (κ3) is 4.18. The Hall–Kier alpha value is -3.66. The Labute approximate surface area is 162 Å². The van der Waals surface area contributed by atoms with Crippen molar-refractivity contribution in [2.45, 2.75) is 25.9 Å². The Kier molecular flexibility index (Phi) is 5.70. The predicted molar refractivity (Wildman–Crippen MR) is 103 cm³/mol.